The molecule has 35 heavy (non-hydrogen) atoms. The molecule has 0 saturated heterocycles. The van der Waals surface area contributed by atoms with Crippen molar-refractivity contribution in [2.45, 2.75) is 112 Å². The third kappa shape index (κ3) is 3.14. The van der Waals surface area contributed by atoms with E-state index in [9.17, 15) is 20.1 Å². The van der Waals surface area contributed by atoms with Gasteiger partial charge < -0.3 is 15.3 Å². The molecule has 0 spiro atoms. The monoisotopic (exact) mass is 486 g/mol. The topological polar surface area (TPSA) is 77.8 Å². The second kappa shape index (κ2) is 7.59. The number of allylic oxidation sites excluding steroid dienone is 2. The molecule has 5 aliphatic rings. The van der Waals surface area contributed by atoms with Gasteiger partial charge in [0.25, 0.3) is 0 Å². The van der Waals surface area contributed by atoms with Gasteiger partial charge in [0.15, 0.2) is 0 Å². The lowest BCUT2D eigenvalue weighted by atomic mass is 9.33. The van der Waals surface area contributed by atoms with Crippen LogP contribution in [0.3, 0.4) is 0 Å². The van der Waals surface area contributed by atoms with Gasteiger partial charge in [-0.1, -0.05) is 60.1 Å². The smallest absolute Gasteiger partial charge is 0.310 e. The minimum atomic E-state index is -0.595. The normalized spacial score (nSPS) is 52.3. The van der Waals surface area contributed by atoms with Crippen LogP contribution >= 0.6 is 0 Å². The molecule has 4 heteroatoms. The highest BCUT2D eigenvalue weighted by atomic mass is 16.4. The first-order chi connectivity index (χ1) is 16.1. The van der Waals surface area contributed by atoms with Gasteiger partial charge in [-0.15, -0.1) is 0 Å². The summed E-state index contributed by atoms with van der Waals surface area (Å²) in [5.74, 6) is 0.437. The highest BCUT2D eigenvalue weighted by molar-refractivity contribution is 5.76. The van der Waals surface area contributed by atoms with Crippen molar-refractivity contribution < 1.29 is 20.1 Å². The number of carbonyl (C=O) groups is 1. The number of aliphatic hydroxyl groups is 2. The lowest BCUT2D eigenvalue weighted by molar-refractivity contribution is -0.221. The van der Waals surface area contributed by atoms with Crippen LogP contribution in [0.2, 0.25) is 0 Å². The van der Waals surface area contributed by atoms with Crippen LogP contribution < -0.4 is 0 Å². The van der Waals surface area contributed by atoms with E-state index in [1.54, 1.807) is 0 Å². The van der Waals surface area contributed by atoms with Crippen LogP contribution in [-0.4, -0.2) is 34.0 Å². The minimum absolute atomic E-state index is 0.00383. The molecule has 198 valence electrons. The lowest BCUT2D eigenvalue weighted by Gasteiger charge is -2.71. The van der Waals surface area contributed by atoms with Gasteiger partial charge in [0, 0.05) is 12.5 Å². The van der Waals surface area contributed by atoms with Crippen molar-refractivity contribution in [2.75, 3.05) is 6.61 Å². The van der Waals surface area contributed by atoms with Gasteiger partial charge >= 0.3 is 5.97 Å². The van der Waals surface area contributed by atoms with E-state index in [4.69, 9.17) is 0 Å². The fraction of sp³-hybridized carbons (Fsp3) is 0.903. The quantitative estimate of drug-likeness (QED) is 0.392. The van der Waals surface area contributed by atoms with Gasteiger partial charge in [-0.25, -0.2) is 0 Å². The SMILES string of the molecule is CC1(C)CC[C@]2(C(=O)O)CC[C@]3(C)C(=CC[C@@H]4[C@@]5(C)C[C@@H](O)[C@H](CO)C(C)(C)[C@@H]5CC[C@]43C)[C@@H]2C1. The van der Waals surface area contributed by atoms with Crippen LogP contribution in [0.4, 0.5) is 0 Å². The van der Waals surface area contributed by atoms with Gasteiger partial charge in [-0.05, 0) is 103 Å². The van der Waals surface area contributed by atoms with E-state index in [-0.39, 0.29) is 45.5 Å². The average Bonchev–Trinajstić information content (AvgIpc) is 2.73. The highest BCUT2D eigenvalue weighted by Gasteiger charge is 2.70. The van der Waals surface area contributed by atoms with Crippen molar-refractivity contribution >= 4 is 5.97 Å². The minimum Gasteiger partial charge on any atom is -0.481 e. The summed E-state index contributed by atoms with van der Waals surface area (Å²) >= 11 is 0. The molecule has 9 atom stereocenters. The van der Waals surface area contributed by atoms with Crippen LogP contribution in [0.15, 0.2) is 11.6 Å². The van der Waals surface area contributed by atoms with Crippen molar-refractivity contribution in [1.29, 1.82) is 0 Å². The number of aliphatic hydroxyl groups excluding tert-OH is 2. The molecule has 0 aromatic heterocycles. The summed E-state index contributed by atoms with van der Waals surface area (Å²) in [6, 6.07) is 0. The predicted molar refractivity (Wildman–Crippen MR) is 139 cm³/mol. The van der Waals surface area contributed by atoms with Gasteiger partial charge in [0.1, 0.15) is 0 Å². The summed E-state index contributed by atoms with van der Waals surface area (Å²) in [5.41, 5.74) is 1.05. The van der Waals surface area contributed by atoms with E-state index in [2.05, 4.69) is 54.5 Å². The summed E-state index contributed by atoms with van der Waals surface area (Å²) in [6.07, 6.45) is 10.6. The first kappa shape index (κ1) is 25.8. The summed E-state index contributed by atoms with van der Waals surface area (Å²) in [6.45, 7) is 16.7. The maximum atomic E-state index is 12.8. The van der Waals surface area contributed by atoms with Crippen LogP contribution in [-0.2, 0) is 4.79 Å². The molecule has 5 rings (SSSR count). The Balaban J connectivity index is 1.60. The third-order valence-corrected chi connectivity index (χ3v) is 13.5. The number of fused-ring (bicyclic) bond motifs is 7. The van der Waals surface area contributed by atoms with Crippen molar-refractivity contribution in [1.82, 2.24) is 0 Å². The van der Waals surface area contributed by atoms with Gasteiger partial charge in [-0.2, -0.15) is 0 Å². The molecule has 0 unspecified atom stereocenters. The maximum Gasteiger partial charge on any atom is 0.310 e. The number of rotatable bonds is 2. The molecule has 0 aromatic rings. The summed E-state index contributed by atoms with van der Waals surface area (Å²) in [7, 11) is 0. The van der Waals surface area contributed by atoms with E-state index < -0.39 is 17.5 Å². The summed E-state index contributed by atoms with van der Waals surface area (Å²) in [4.78, 5) is 12.8. The fourth-order valence-electron chi connectivity index (χ4n) is 11.2. The first-order valence-electron chi connectivity index (χ1n) is 14.3. The number of carboxylic acids is 1. The highest BCUT2D eigenvalue weighted by Crippen LogP contribution is 2.76. The molecule has 4 saturated carbocycles. The second-order valence-electron chi connectivity index (χ2n) is 15.6. The Labute approximate surface area is 213 Å². The van der Waals surface area contributed by atoms with Crippen LogP contribution in [0.25, 0.3) is 0 Å². The predicted octanol–water partition coefficient (Wildman–Crippen LogP) is 6.45. The molecule has 0 aromatic carbocycles. The molecule has 3 N–H and O–H groups in total. The molecule has 0 aliphatic heterocycles. The third-order valence-electron chi connectivity index (χ3n) is 13.5. The first-order valence-corrected chi connectivity index (χ1v) is 14.3. The summed E-state index contributed by atoms with van der Waals surface area (Å²) < 4.78 is 0. The van der Waals surface area contributed by atoms with E-state index >= 15 is 0 Å². The van der Waals surface area contributed by atoms with Gasteiger partial charge in [-0.3, -0.25) is 4.79 Å². The van der Waals surface area contributed by atoms with Crippen LogP contribution in [0.1, 0.15) is 106 Å². The molecule has 4 nitrogen and oxygen atoms in total. The Hall–Kier alpha value is -0.870. The van der Waals surface area contributed by atoms with Crippen molar-refractivity contribution in [3.05, 3.63) is 11.6 Å². The number of hydrogen-bond donors (Lipinski definition) is 3. The fourth-order valence-corrected chi connectivity index (χ4v) is 11.2. The number of hydrogen-bond acceptors (Lipinski definition) is 3. The molecule has 0 amide bonds. The molecule has 0 radical (unpaired) electrons. The maximum absolute atomic E-state index is 12.8. The van der Waals surface area contributed by atoms with Crippen molar-refractivity contribution in [3.8, 4) is 0 Å². The van der Waals surface area contributed by atoms with Crippen LogP contribution in [0.5, 0.6) is 0 Å². The van der Waals surface area contributed by atoms with E-state index in [0.717, 1.165) is 57.8 Å². The zero-order valence-electron chi connectivity index (χ0n) is 23.3. The molecular weight excluding hydrogens is 436 g/mol. The number of carboxylic acid groups (broad SMARTS) is 1. The van der Waals surface area contributed by atoms with Crippen molar-refractivity contribution in [2.24, 2.45) is 56.2 Å². The van der Waals surface area contributed by atoms with E-state index in [1.165, 1.54) is 5.57 Å². The lowest BCUT2D eigenvalue weighted by Crippen LogP contribution is -2.66. The largest absolute Gasteiger partial charge is 0.481 e. The van der Waals surface area contributed by atoms with E-state index in [1.807, 2.05) is 0 Å². The van der Waals surface area contributed by atoms with Gasteiger partial charge in [0.2, 0.25) is 0 Å². The van der Waals surface area contributed by atoms with Crippen LogP contribution in [0, 0.1) is 56.2 Å². The standard InChI is InChI=1S/C31H50O4/c1-26(2)12-14-31(25(34)35)15-13-29(6)19(20(31)16-26)8-9-24-28(5)17-22(33)21(18-32)27(3,4)23(28)10-11-30(24,29)7/h8,20-24,32-33H,9-18H2,1-7H3,(H,34,35)/t20-,21-,22+,23-,24+,28-,29+,30+,31-/m0/s1. The van der Waals surface area contributed by atoms with E-state index in [0.29, 0.717) is 11.8 Å². The zero-order chi connectivity index (χ0) is 25.8. The summed E-state index contributed by atoms with van der Waals surface area (Å²) in [5, 5.41) is 31.9. The zero-order valence-corrected chi connectivity index (χ0v) is 23.3. The molecule has 4 fully saturated rings. The van der Waals surface area contributed by atoms with Crippen molar-refractivity contribution in [3.63, 3.8) is 0 Å². The molecular formula is C31H50O4. The number of aliphatic carboxylic acids is 1. The Morgan fingerprint density at radius 3 is 2.23 bits per heavy atom. The molecule has 0 heterocycles. The Morgan fingerprint density at radius 1 is 0.943 bits per heavy atom. The molecule has 0 bridgehead atoms. The second-order valence-corrected chi connectivity index (χ2v) is 15.6. The molecule has 5 aliphatic carbocycles. The Kier molecular flexibility index (Phi) is 5.59. The van der Waals surface area contributed by atoms with Gasteiger partial charge in [0.05, 0.1) is 11.5 Å². The average molecular weight is 487 g/mol. The Morgan fingerprint density at radius 2 is 1.60 bits per heavy atom. The Bertz CT molecular complexity index is 934.